The van der Waals surface area contributed by atoms with Crippen LogP contribution in [0.5, 0.6) is 0 Å². The maximum Gasteiger partial charge on any atom is 0.364 e. The van der Waals surface area contributed by atoms with Gasteiger partial charge in [-0.3, -0.25) is 4.79 Å². The summed E-state index contributed by atoms with van der Waals surface area (Å²) < 4.78 is 4.94. The number of esters is 1. The molecule has 0 amide bonds. The Kier molecular flexibility index (Phi) is 4.27. The van der Waals surface area contributed by atoms with Gasteiger partial charge in [-0.25, -0.2) is 4.79 Å². The molecule has 0 unspecified atom stereocenters. The fourth-order valence-corrected chi connectivity index (χ4v) is 0.663. The highest BCUT2D eigenvalue weighted by Crippen LogP contribution is 2.07. The molecule has 14 heavy (non-hydrogen) atoms. The number of carbonyl (C=O) groups is 2. The fourth-order valence-electron chi connectivity index (χ4n) is 0.663. The maximum atomic E-state index is 11.3. The van der Waals surface area contributed by atoms with Gasteiger partial charge in [-0.1, -0.05) is 5.16 Å². The first kappa shape index (κ1) is 12.6. The van der Waals surface area contributed by atoms with E-state index in [1.54, 1.807) is 20.8 Å². The predicted molar refractivity (Wildman–Crippen MR) is 51.0 cm³/mol. The lowest BCUT2D eigenvalue weighted by Crippen LogP contribution is -2.32. The van der Waals surface area contributed by atoms with Crippen molar-refractivity contribution in [1.82, 2.24) is 0 Å². The highest BCUT2D eigenvalue weighted by Gasteiger charge is 2.24. The summed E-state index contributed by atoms with van der Waals surface area (Å²) in [7, 11) is 1.26. The smallest absolute Gasteiger partial charge is 0.364 e. The number of hydrogen-bond acceptors (Lipinski definition) is 5. The van der Waals surface area contributed by atoms with Crippen LogP contribution in [-0.4, -0.2) is 30.2 Å². The zero-order valence-corrected chi connectivity index (χ0v) is 9.08. The quantitative estimate of drug-likeness (QED) is 0.295. The average Bonchev–Trinajstić information content (AvgIpc) is 1.95. The first-order valence-corrected chi connectivity index (χ1v) is 4.13. The molecule has 0 aliphatic rings. The summed E-state index contributed by atoms with van der Waals surface area (Å²) in [5, 5.41) is 3.30. The second-order valence-electron chi connectivity index (χ2n) is 3.68. The molecule has 0 saturated heterocycles. The van der Waals surface area contributed by atoms with Gasteiger partial charge in [-0.2, -0.15) is 0 Å². The highest BCUT2D eigenvalue weighted by atomic mass is 16.6. The molecule has 0 N–H and O–H groups in total. The van der Waals surface area contributed by atoms with Crippen molar-refractivity contribution in [3.05, 3.63) is 0 Å². The van der Waals surface area contributed by atoms with Crippen molar-refractivity contribution in [2.24, 2.45) is 5.16 Å². The summed E-state index contributed by atoms with van der Waals surface area (Å²) in [5.41, 5.74) is -0.983. The van der Waals surface area contributed by atoms with Crippen LogP contribution in [0.25, 0.3) is 0 Å². The number of nitrogens with zero attached hydrogens (tertiary/aromatic N) is 1. The summed E-state index contributed by atoms with van der Waals surface area (Å²) in [4.78, 5) is 26.7. The molecule has 0 aromatic carbocycles. The van der Waals surface area contributed by atoms with E-state index in [2.05, 4.69) is 9.99 Å². The summed E-state index contributed by atoms with van der Waals surface area (Å²) in [6.07, 6.45) is 0. The standard InChI is InChI=1S/C9H15NO4/c1-6(11)7(10-13-5)8(12)14-9(2,3)4/h1-5H3/b10-7-. The Morgan fingerprint density at radius 1 is 1.21 bits per heavy atom. The van der Waals surface area contributed by atoms with Crippen molar-refractivity contribution in [2.45, 2.75) is 33.3 Å². The van der Waals surface area contributed by atoms with E-state index in [1.807, 2.05) is 0 Å². The first-order valence-electron chi connectivity index (χ1n) is 4.13. The average molecular weight is 201 g/mol. The zero-order chi connectivity index (χ0) is 11.4. The number of hydrogen-bond donors (Lipinski definition) is 0. The summed E-state index contributed by atoms with van der Waals surface area (Å²) in [6, 6.07) is 0. The Balaban J connectivity index is 4.64. The number of ketones is 1. The SMILES string of the molecule is CO/N=C(/C(C)=O)C(=O)OC(C)(C)C. The summed E-state index contributed by atoms with van der Waals surface area (Å²) in [5.74, 6) is -1.26. The van der Waals surface area contributed by atoms with Gasteiger partial charge in [0.05, 0.1) is 0 Å². The highest BCUT2D eigenvalue weighted by molar-refractivity contribution is 6.63. The molecular weight excluding hydrogens is 186 g/mol. The molecule has 0 saturated carbocycles. The molecule has 0 fully saturated rings. The van der Waals surface area contributed by atoms with Crippen LogP contribution < -0.4 is 0 Å². The minimum atomic E-state index is -0.771. The topological polar surface area (TPSA) is 65.0 Å². The molecule has 0 aromatic rings. The van der Waals surface area contributed by atoms with Gasteiger partial charge in [-0.15, -0.1) is 0 Å². The van der Waals surface area contributed by atoms with E-state index in [0.717, 1.165) is 0 Å². The molecular formula is C9H15NO4. The summed E-state index contributed by atoms with van der Waals surface area (Å²) in [6.45, 7) is 6.34. The van der Waals surface area contributed by atoms with Gasteiger partial charge in [0.1, 0.15) is 12.7 Å². The van der Waals surface area contributed by atoms with E-state index in [0.29, 0.717) is 0 Å². The first-order chi connectivity index (χ1) is 6.28. The molecule has 0 aliphatic carbocycles. The van der Waals surface area contributed by atoms with Crippen molar-refractivity contribution >= 4 is 17.5 Å². The third-order valence-electron chi connectivity index (χ3n) is 1.11. The van der Waals surface area contributed by atoms with Gasteiger partial charge in [0.2, 0.25) is 5.71 Å². The minimum Gasteiger partial charge on any atom is -0.455 e. The van der Waals surface area contributed by atoms with Crippen molar-refractivity contribution < 1.29 is 19.2 Å². The fraction of sp³-hybridized carbons (Fsp3) is 0.667. The lowest BCUT2D eigenvalue weighted by Gasteiger charge is -2.19. The van der Waals surface area contributed by atoms with Crippen LogP contribution >= 0.6 is 0 Å². The van der Waals surface area contributed by atoms with Crippen LogP contribution in [0.4, 0.5) is 0 Å². The van der Waals surface area contributed by atoms with Crippen LogP contribution in [0.15, 0.2) is 5.16 Å². The molecule has 0 heterocycles. The Bertz CT molecular complexity index is 262. The van der Waals surface area contributed by atoms with Crippen LogP contribution in [0.3, 0.4) is 0 Å². The van der Waals surface area contributed by atoms with Gasteiger partial charge in [-0.05, 0) is 20.8 Å². The van der Waals surface area contributed by atoms with E-state index in [4.69, 9.17) is 4.74 Å². The van der Waals surface area contributed by atoms with E-state index < -0.39 is 17.4 Å². The molecule has 5 nitrogen and oxygen atoms in total. The van der Waals surface area contributed by atoms with Crippen LogP contribution in [0.2, 0.25) is 0 Å². The Morgan fingerprint density at radius 3 is 2.00 bits per heavy atom. The third-order valence-corrected chi connectivity index (χ3v) is 1.11. The van der Waals surface area contributed by atoms with E-state index in [-0.39, 0.29) is 5.71 Å². The van der Waals surface area contributed by atoms with Crippen molar-refractivity contribution in [2.75, 3.05) is 7.11 Å². The molecule has 0 bridgehead atoms. The lowest BCUT2D eigenvalue weighted by atomic mass is 10.2. The second-order valence-corrected chi connectivity index (χ2v) is 3.68. The second kappa shape index (κ2) is 4.74. The molecule has 80 valence electrons. The number of carbonyl (C=O) groups excluding carboxylic acids is 2. The van der Waals surface area contributed by atoms with Gasteiger partial charge >= 0.3 is 5.97 Å². The number of Topliss-reactive ketones (excluding diaryl/α,β-unsaturated/α-hetero) is 1. The van der Waals surface area contributed by atoms with Gasteiger partial charge in [0.25, 0.3) is 0 Å². The van der Waals surface area contributed by atoms with Crippen molar-refractivity contribution in [1.29, 1.82) is 0 Å². The number of oxime groups is 1. The zero-order valence-electron chi connectivity index (χ0n) is 9.08. The molecule has 0 atom stereocenters. The lowest BCUT2D eigenvalue weighted by molar-refractivity contribution is -0.146. The maximum absolute atomic E-state index is 11.3. The normalized spacial score (nSPS) is 12.2. The van der Waals surface area contributed by atoms with E-state index >= 15 is 0 Å². The Morgan fingerprint density at radius 2 is 1.71 bits per heavy atom. The number of rotatable bonds is 3. The van der Waals surface area contributed by atoms with Gasteiger partial charge in [0.15, 0.2) is 5.78 Å². The predicted octanol–water partition coefficient (Wildman–Crippen LogP) is 0.919. The molecule has 0 aliphatic heterocycles. The van der Waals surface area contributed by atoms with Crippen molar-refractivity contribution in [3.63, 3.8) is 0 Å². The number of ether oxygens (including phenoxy) is 1. The van der Waals surface area contributed by atoms with Crippen molar-refractivity contribution in [3.8, 4) is 0 Å². The van der Waals surface area contributed by atoms with E-state index in [1.165, 1.54) is 14.0 Å². The summed E-state index contributed by atoms with van der Waals surface area (Å²) >= 11 is 0. The van der Waals surface area contributed by atoms with Crippen LogP contribution in [0, 0.1) is 0 Å². The molecule has 0 radical (unpaired) electrons. The molecule has 0 aromatic heterocycles. The molecule has 0 rings (SSSR count). The van der Waals surface area contributed by atoms with Crippen LogP contribution in [-0.2, 0) is 19.2 Å². The monoisotopic (exact) mass is 201 g/mol. The van der Waals surface area contributed by atoms with E-state index in [9.17, 15) is 9.59 Å². The van der Waals surface area contributed by atoms with Crippen LogP contribution in [0.1, 0.15) is 27.7 Å². The minimum absolute atomic E-state index is 0.331. The molecule has 0 spiro atoms. The molecule has 5 heteroatoms. The van der Waals surface area contributed by atoms with Gasteiger partial charge < -0.3 is 9.57 Å². The Labute approximate surface area is 83.1 Å². The Hall–Kier alpha value is -1.39. The largest absolute Gasteiger partial charge is 0.455 e. The third kappa shape index (κ3) is 4.59. The van der Waals surface area contributed by atoms with Gasteiger partial charge in [0, 0.05) is 6.92 Å².